The highest BCUT2D eigenvalue weighted by molar-refractivity contribution is 7.43. The van der Waals surface area contributed by atoms with Crippen LogP contribution in [0.15, 0.2) is 0 Å². The fraction of sp³-hybridized carbons (Fsp3) is 1.00. The Labute approximate surface area is 94.0 Å². The third-order valence-electron chi connectivity index (χ3n) is 2.09. The van der Waals surface area contributed by atoms with Gasteiger partial charge in [-0.2, -0.15) is 22.0 Å². The van der Waals surface area contributed by atoms with Crippen LogP contribution in [-0.4, -0.2) is 17.7 Å². The van der Waals surface area contributed by atoms with Crippen molar-refractivity contribution in [2.75, 3.05) is 0 Å². The molecule has 0 N–H and O–H groups in total. The molecule has 0 aromatic carbocycles. The Balaban J connectivity index is 4.99. The predicted molar refractivity (Wildman–Crippen MR) is 43.0 cm³/mol. The average Bonchev–Trinajstić information content (AvgIpc) is 1.97. The van der Waals surface area contributed by atoms with E-state index in [1.54, 1.807) is 0 Å². The topological polar surface area (TPSA) is 72.4 Å². The lowest BCUT2D eigenvalue weighted by molar-refractivity contribution is -0.354. The Kier molecular flexibility index (Phi) is 4.73. The summed E-state index contributed by atoms with van der Waals surface area (Å²) in [5.74, 6) is -5.13. The molecule has 0 spiro atoms. The van der Waals surface area contributed by atoms with E-state index in [1.165, 1.54) is 0 Å². The van der Waals surface area contributed by atoms with Crippen LogP contribution in [0.2, 0.25) is 0 Å². The van der Waals surface area contributed by atoms with Gasteiger partial charge in [-0.05, 0) is 13.3 Å². The van der Waals surface area contributed by atoms with Crippen LogP contribution < -0.4 is 9.79 Å². The summed E-state index contributed by atoms with van der Waals surface area (Å²) in [5, 5.41) is 0. The second-order valence-corrected chi connectivity index (χ2v) is 4.80. The molecule has 0 aromatic heterocycles. The van der Waals surface area contributed by atoms with Crippen LogP contribution in [-0.2, 0) is 9.09 Å². The van der Waals surface area contributed by atoms with E-state index in [2.05, 4.69) is 4.52 Å². The van der Waals surface area contributed by atoms with Crippen LogP contribution in [0.3, 0.4) is 0 Å². The van der Waals surface area contributed by atoms with Gasteiger partial charge in [-0.15, -0.1) is 0 Å². The van der Waals surface area contributed by atoms with Gasteiger partial charge in [-0.1, -0.05) is 6.92 Å². The Hall–Kier alpha value is -0.240. The minimum Gasteiger partial charge on any atom is -0.790 e. The minimum absolute atomic E-state index is 0.493. The molecule has 0 saturated heterocycles. The third kappa shape index (κ3) is 5.29. The van der Waals surface area contributed by atoms with E-state index >= 15 is 0 Å². The Bertz CT molecular complexity index is 312. The molecule has 17 heavy (non-hydrogen) atoms. The van der Waals surface area contributed by atoms with Gasteiger partial charge in [0, 0.05) is 6.42 Å². The maximum atomic E-state index is 12.7. The fourth-order valence-electron chi connectivity index (χ4n) is 1.06. The summed E-state index contributed by atoms with van der Waals surface area (Å²) in [6.07, 6.45) is -8.26. The maximum Gasteiger partial charge on any atom is 0.453 e. The van der Waals surface area contributed by atoms with E-state index in [9.17, 15) is 36.3 Å². The molecule has 1 atom stereocenters. The van der Waals surface area contributed by atoms with Crippen molar-refractivity contribution in [3.05, 3.63) is 0 Å². The first-order chi connectivity index (χ1) is 7.22. The molecule has 0 bridgehead atoms. The molecule has 104 valence electrons. The lowest BCUT2D eigenvalue weighted by Gasteiger charge is -2.41. The lowest BCUT2D eigenvalue weighted by atomic mass is 9.95. The first-order valence-corrected chi connectivity index (χ1v) is 5.86. The van der Waals surface area contributed by atoms with Gasteiger partial charge in [0.2, 0.25) is 0 Å². The van der Waals surface area contributed by atoms with Gasteiger partial charge in [0.25, 0.3) is 0 Å². The Morgan fingerprint density at radius 3 is 1.82 bits per heavy atom. The molecule has 4 nitrogen and oxygen atoms in total. The number of phosphoric ester groups is 1. The number of phosphoric acid groups is 1. The highest BCUT2D eigenvalue weighted by Gasteiger charge is 2.60. The van der Waals surface area contributed by atoms with E-state index in [4.69, 9.17) is 0 Å². The van der Waals surface area contributed by atoms with Crippen molar-refractivity contribution >= 4 is 7.82 Å². The second-order valence-electron chi connectivity index (χ2n) is 3.72. The van der Waals surface area contributed by atoms with E-state index < -0.39 is 38.4 Å². The molecular weight excluding hydrogens is 274 g/mol. The van der Waals surface area contributed by atoms with Crippen LogP contribution in [0.5, 0.6) is 0 Å². The highest BCUT2D eigenvalue weighted by Crippen LogP contribution is 2.46. The molecule has 0 aliphatic heterocycles. The molecule has 0 heterocycles. The number of rotatable bonds is 5. The summed E-state index contributed by atoms with van der Waals surface area (Å²) in [4.78, 5) is 20.5. The SMILES string of the molecule is CCC(C)(CC(F)(F)C(F)(F)F)OP(=O)([O-])[O-]. The van der Waals surface area contributed by atoms with Crippen molar-refractivity contribution in [1.82, 2.24) is 0 Å². The average molecular weight is 284 g/mol. The predicted octanol–water partition coefficient (Wildman–Crippen LogP) is 1.59. The number of hydrogen-bond acceptors (Lipinski definition) is 4. The molecule has 0 saturated carbocycles. The van der Waals surface area contributed by atoms with Gasteiger partial charge < -0.3 is 18.9 Å². The molecule has 0 rings (SSSR count). The molecule has 1 unspecified atom stereocenters. The van der Waals surface area contributed by atoms with Gasteiger partial charge >= 0.3 is 12.1 Å². The van der Waals surface area contributed by atoms with Gasteiger partial charge in [-0.25, -0.2) is 0 Å². The lowest BCUT2D eigenvalue weighted by Crippen LogP contribution is -2.45. The first-order valence-electron chi connectivity index (χ1n) is 4.40. The quantitative estimate of drug-likeness (QED) is 0.567. The van der Waals surface area contributed by atoms with Crippen LogP contribution in [0.25, 0.3) is 0 Å². The molecule has 0 amide bonds. The van der Waals surface area contributed by atoms with Crippen molar-refractivity contribution in [2.45, 2.75) is 44.4 Å². The molecule has 0 fully saturated rings. The number of halogens is 5. The zero-order chi connectivity index (χ0) is 14.1. The van der Waals surface area contributed by atoms with Crippen LogP contribution >= 0.6 is 7.82 Å². The summed E-state index contributed by atoms with van der Waals surface area (Å²) in [7, 11) is -5.64. The minimum atomic E-state index is -5.83. The zero-order valence-corrected chi connectivity index (χ0v) is 9.78. The van der Waals surface area contributed by atoms with E-state index in [1.807, 2.05) is 0 Å². The van der Waals surface area contributed by atoms with Crippen LogP contribution in [0.4, 0.5) is 22.0 Å². The van der Waals surface area contributed by atoms with E-state index in [0.717, 1.165) is 6.92 Å². The summed E-state index contributed by atoms with van der Waals surface area (Å²) in [5.41, 5.74) is -2.39. The Morgan fingerprint density at radius 2 is 1.59 bits per heavy atom. The standard InChI is InChI=1S/C7H12F5O4P/c1-3-5(2,16-17(13,14)15)4-6(8,9)7(10,11)12/h3-4H2,1-2H3,(H2,13,14,15)/p-2. The van der Waals surface area contributed by atoms with E-state index in [0.29, 0.717) is 6.92 Å². The van der Waals surface area contributed by atoms with Crippen LogP contribution in [0, 0.1) is 0 Å². The monoisotopic (exact) mass is 284 g/mol. The normalized spacial score (nSPS) is 17.9. The fourth-order valence-corrected chi connectivity index (χ4v) is 1.80. The van der Waals surface area contributed by atoms with Crippen molar-refractivity contribution in [2.24, 2.45) is 0 Å². The number of alkyl halides is 5. The van der Waals surface area contributed by atoms with Gasteiger partial charge in [0.15, 0.2) is 0 Å². The van der Waals surface area contributed by atoms with Gasteiger partial charge in [0.05, 0.1) is 13.4 Å². The first kappa shape index (κ1) is 16.8. The van der Waals surface area contributed by atoms with Crippen LogP contribution in [0.1, 0.15) is 26.7 Å². The smallest absolute Gasteiger partial charge is 0.453 e. The Morgan fingerprint density at radius 1 is 1.18 bits per heavy atom. The summed E-state index contributed by atoms with van der Waals surface area (Å²) in [6, 6.07) is 0. The molecule has 0 aliphatic rings. The summed E-state index contributed by atoms with van der Waals surface area (Å²) in [6.45, 7) is 1.83. The molecule has 10 heteroatoms. The molecule has 0 aliphatic carbocycles. The zero-order valence-electron chi connectivity index (χ0n) is 8.88. The second kappa shape index (κ2) is 4.79. The highest BCUT2D eigenvalue weighted by atomic mass is 31.2. The molecule has 0 radical (unpaired) electrons. The molecule has 0 aromatic rings. The summed E-state index contributed by atoms with van der Waals surface area (Å²) >= 11 is 0. The van der Waals surface area contributed by atoms with E-state index in [-0.39, 0.29) is 0 Å². The van der Waals surface area contributed by atoms with Gasteiger partial charge in [0.1, 0.15) is 0 Å². The third-order valence-corrected chi connectivity index (χ3v) is 2.76. The summed E-state index contributed by atoms with van der Waals surface area (Å²) < 4.78 is 75.1. The van der Waals surface area contributed by atoms with Crippen molar-refractivity contribution in [3.8, 4) is 0 Å². The van der Waals surface area contributed by atoms with Gasteiger partial charge in [-0.3, -0.25) is 0 Å². The van der Waals surface area contributed by atoms with Crippen molar-refractivity contribution in [1.29, 1.82) is 0 Å². The molecular formula is C7H10F5O4P-2. The van der Waals surface area contributed by atoms with Crippen molar-refractivity contribution in [3.63, 3.8) is 0 Å². The maximum absolute atomic E-state index is 12.7. The van der Waals surface area contributed by atoms with Crippen molar-refractivity contribution < 1.29 is 40.8 Å². The largest absolute Gasteiger partial charge is 0.790 e. The number of hydrogen-bond donors (Lipinski definition) is 0.